The summed E-state index contributed by atoms with van der Waals surface area (Å²) in [6.07, 6.45) is 1.03. The normalized spacial score (nSPS) is 11.3. The highest BCUT2D eigenvalue weighted by atomic mass is 16.6. The summed E-state index contributed by atoms with van der Waals surface area (Å²) in [5, 5.41) is 14.1. The van der Waals surface area contributed by atoms with Gasteiger partial charge < -0.3 is 5.32 Å². The number of para-hydroxylation sites is 1. The van der Waals surface area contributed by atoms with Crippen molar-refractivity contribution in [3.05, 3.63) is 33.9 Å². The third kappa shape index (κ3) is 3.44. The Bertz CT molecular complexity index is 414. The highest BCUT2D eigenvalue weighted by Gasteiger charge is 2.19. The van der Waals surface area contributed by atoms with E-state index in [-0.39, 0.29) is 16.0 Å². The Morgan fingerprint density at radius 3 is 2.59 bits per heavy atom. The molecule has 0 radical (unpaired) electrons. The van der Waals surface area contributed by atoms with Gasteiger partial charge in [0.15, 0.2) is 0 Å². The minimum absolute atomic E-state index is 0.135. The smallest absolute Gasteiger partial charge is 0.292 e. The second kappa shape index (κ2) is 5.17. The summed E-state index contributed by atoms with van der Waals surface area (Å²) >= 11 is 0. The molecule has 0 spiro atoms. The van der Waals surface area contributed by atoms with Gasteiger partial charge in [0.2, 0.25) is 0 Å². The van der Waals surface area contributed by atoms with E-state index in [9.17, 15) is 10.1 Å². The van der Waals surface area contributed by atoms with Gasteiger partial charge in [-0.15, -0.1) is 0 Å². The molecule has 0 fully saturated rings. The molecule has 4 heteroatoms. The first-order valence-corrected chi connectivity index (χ1v) is 5.85. The predicted molar refractivity (Wildman–Crippen MR) is 70.4 cm³/mol. The van der Waals surface area contributed by atoms with E-state index in [1.54, 1.807) is 6.07 Å². The van der Waals surface area contributed by atoms with Crippen LogP contribution in [0.3, 0.4) is 0 Å². The quantitative estimate of drug-likeness (QED) is 0.625. The standard InChI is InChI=1S/C13H20N2O2/c1-5-13(3,4)9-14-12-10(2)7-6-8-11(12)15(16)17/h6-8,14H,5,9H2,1-4H3. The number of benzene rings is 1. The second-order valence-corrected chi connectivity index (χ2v) is 5.10. The van der Waals surface area contributed by atoms with Gasteiger partial charge in [-0.1, -0.05) is 32.9 Å². The lowest BCUT2D eigenvalue weighted by molar-refractivity contribution is -0.384. The topological polar surface area (TPSA) is 55.2 Å². The molecule has 17 heavy (non-hydrogen) atoms. The molecule has 0 atom stereocenters. The van der Waals surface area contributed by atoms with Crippen LogP contribution in [0.2, 0.25) is 0 Å². The van der Waals surface area contributed by atoms with E-state index in [4.69, 9.17) is 0 Å². The maximum atomic E-state index is 10.9. The first-order valence-electron chi connectivity index (χ1n) is 5.85. The molecule has 1 N–H and O–H groups in total. The number of nitro benzene ring substituents is 1. The Morgan fingerprint density at radius 1 is 1.41 bits per heavy atom. The molecule has 1 aromatic rings. The van der Waals surface area contributed by atoms with E-state index < -0.39 is 0 Å². The molecule has 0 saturated heterocycles. The van der Waals surface area contributed by atoms with Crippen LogP contribution < -0.4 is 5.32 Å². The highest BCUT2D eigenvalue weighted by Crippen LogP contribution is 2.29. The summed E-state index contributed by atoms with van der Waals surface area (Å²) in [6.45, 7) is 9.02. The molecule has 0 bridgehead atoms. The Labute approximate surface area is 102 Å². The lowest BCUT2D eigenvalue weighted by Crippen LogP contribution is -2.22. The fraction of sp³-hybridized carbons (Fsp3) is 0.538. The molecule has 0 aliphatic rings. The van der Waals surface area contributed by atoms with E-state index in [0.29, 0.717) is 5.69 Å². The average molecular weight is 236 g/mol. The van der Waals surface area contributed by atoms with Crippen LogP contribution in [0.5, 0.6) is 0 Å². The van der Waals surface area contributed by atoms with Crippen LogP contribution >= 0.6 is 0 Å². The van der Waals surface area contributed by atoms with Gasteiger partial charge in [-0.3, -0.25) is 10.1 Å². The zero-order chi connectivity index (χ0) is 13.1. The van der Waals surface area contributed by atoms with E-state index in [2.05, 4.69) is 26.1 Å². The minimum atomic E-state index is -0.339. The van der Waals surface area contributed by atoms with Crippen molar-refractivity contribution in [2.24, 2.45) is 5.41 Å². The zero-order valence-electron chi connectivity index (χ0n) is 10.9. The molecule has 0 amide bonds. The third-order valence-electron chi connectivity index (χ3n) is 3.15. The largest absolute Gasteiger partial charge is 0.379 e. The van der Waals surface area contributed by atoms with Gasteiger partial charge in [0.25, 0.3) is 5.69 Å². The molecule has 0 aromatic heterocycles. The number of hydrogen-bond acceptors (Lipinski definition) is 3. The fourth-order valence-corrected chi connectivity index (χ4v) is 1.49. The number of anilines is 1. The molecule has 94 valence electrons. The Hall–Kier alpha value is -1.58. The number of nitrogens with one attached hydrogen (secondary N) is 1. The van der Waals surface area contributed by atoms with Crippen molar-refractivity contribution >= 4 is 11.4 Å². The molecule has 4 nitrogen and oxygen atoms in total. The third-order valence-corrected chi connectivity index (χ3v) is 3.15. The summed E-state index contributed by atoms with van der Waals surface area (Å²) in [7, 11) is 0. The zero-order valence-corrected chi connectivity index (χ0v) is 10.9. The molecular weight excluding hydrogens is 216 g/mol. The van der Waals surface area contributed by atoms with Crippen LogP contribution in [0.4, 0.5) is 11.4 Å². The molecule has 0 heterocycles. The van der Waals surface area contributed by atoms with Gasteiger partial charge in [0.1, 0.15) is 5.69 Å². The van der Waals surface area contributed by atoms with Gasteiger partial charge in [-0.25, -0.2) is 0 Å². The van der Waals surface area contributed by atoms with Gasteiger partial charge in [0, 0.05) is 12.6 Å². The van der Waals surface area contributed by atoms with Gasteiger partial charge in [0.05, 0.1) is 4.92 Å². The molecule has 0 aliphatic carbocycles. The van der Waals surface area contributed by atoms with E-state index in [0.717, 1.165) is 18.5 Å². The van der Waals surface area contributed by atoms with Crippen LogP contribution in [0.25, 0.3) is 0 Å². The SMILES string of the molecule is CCC(C)(C)CNc1c(C)cccc1[N+](=O)[O-]. The molecule has 0 saturated carbocycles. The van der Waals surface area contributed by atoms with E-state index in [1.165, 1.54) is 6.07 Å². The van der Waals surface area contributed by atoms with Crippen LogP contribution in [0, 0.1) is 22.5 Å². The van der Waals surface area contributed by atoms with Gasteiger partial charge >= 0.3 is 0 Å². The number of hydrogen-bond donors (Lipinski definition) is 1. The molecule has 0 unspecified atom stereocenters. The van der Waals surface area contributed by atoms with Crippen molar-refractivity contribution < 1.29 is 4.92 Å². The van der Waals surface area contributed by atoms with Gasteiger partial charge in [-0.2, -0.15) is 0 Å². The lowest BCUT2D eigenvalue weighted by Gasteiger charge is -2.24. The first-order chi connectivity index (χ1) is 7.87. The Morgan fingerprint density at radius 2 is 2.06 bits per heavy atom. The van der Waals surface area contributed by atoms with Crippen LogP contribution in [-0.2, 0) is 0 Å². The van der Waals surface area contributed by atoms with E-state index in [1.807, 2.05) is 13.0 Å². The maximum absolute atomic E-state index is 10.9. The highest BCUT2D eigenvalue weighted by molar-refractivity contribution is 5.66. The Balaban J connectivity index is 2.94. The van der Waals surface area contributed by atoms with Crippen molar-refractivity contribution in [1.82, 2.24) is 0 Å². The Kier molecular flexibility index (Phi) is 4.10. The summed E-state index contributed by atoms with van der Waals surface area (Å²) in [4.78, 5) is 10.6. The molecule has 1 aromatic carbocycles. The summed E-state index contributed by atoms with van der Waals surface area (Å²) in [5.74, 6) is 0. The molecule has 0 aliphatic heterocycles. The average Bonchev–Trinajstić information content (AvgIpc) is 2.27. The van der Waals surface area contributed by atoms with Crippen molar-refractivity contribution in [2.45, 2.75) is 34.1 Å². The number of rotatable bonds is 5. The summed E-state index contributed by atoms with van der Waals surface area (Å²) < 4.78 is 0. The van der Waals surface area contributed by atoms with E-state index >= 15 is 0 Å². The van der Waals surface area contributed by atoms with Crippen LogP contribution in [-0.4, -0.2) is 11.5 Å². The fourth-order valence-electron chi connectivity index (χ4n) is 1.49. The van der Waals surface area contributed by atoms with Crippen LogP contribution in [0.15, 0.2) is 18.2 Å². The summed E-state index contributed by atoms with van der Waals surface area (Å²) in [6, 6.07) is 5.13. The number of nitro groups is 1. The molecular formula is C13H20N2O2. The minimum Gasteiger partial charge on any atom is -0.379 e. The van der Waals surface area contributed by atoms with Crippen molar-refractivity contribution in [1.29, 1.82) is 0 Å². The monoisotopic (exact) mass is 236 g/mol. The number of nitrogens with zero attached hydrogens (tertiary/aromatic N) is 1. The first kappa shape index (κ1) is 13.5. The van der Waals surface area contributed by atoms with Gasteiger partial charge in [-0.05, 0) is 24.3 Å². The van der Waals surface area contributed by atoms with Crippen molar-refractivity contribution in [2.75, 3.05) is 11.9 Å². The second-order valence-electron chi connectivity index (χ2n) is 5.10. The molecule has 1 rings (SSSR count). The predicted octanol–water partition coefficient (Wildman–Crippen LogP) is 3.75. The van der Waals surface area contributed by atoms with Crippen molar-refractivity contribution in [3.63, 3.8) is 0 Å². The number of aryl methyl sites for hydroxylation is 1. The van der Waals surface area contributed by atoms with Crippen molar-refractivity contribution in [3.8, 4) is 0 Å². The maximum Gasteiger partial charge on any atom is 0.292 e. The van der Waals surface area contributed by atoms with Crippen LogP contribution in [0.1, 0.15) is 32.8 Å². The summed E-state index contributed by atoms with van der Waals surface area (Å²) in [5.41, 5.74) is 1.83. The lowest BCUT2D eigenvalue weighted by atomic mass is 9.90.